The summed E-state index contributed by atoms with van der Waals surface area (Å²) < 4.78 is 5.41. The molecule has 120 valence electrons. The predicted molar refractivity (Wildman–Crippen MR) is 85.2 cm³/mol. The minimum absolute atomic E-state index is 0.0790. The molecule has 0 bridgehead atoms. The van der Waals surface area contributed by atoms with Crippen LogP contribution in [0.1, 0.15) is 25.7 Å². The summed E-state index contributed by atoms with van der Waals surface area (Å²) in [6.07, 6.45) is 3.12. The fraction of sp³-hybridized carbons (Fsp3) is 0.588. The smallest absolute Gasteiger partial charge is 0.254 e. The Bertz CT molecular complexity index is 532. The van der Waals surface area contributed by atoms with Crippen LogP contribution in [0.5, 0.6) is 5.75 Å². The summed E-state index contributed by atoms with van der Waals surface area (Å²) in [7, 11) is 1.67. The van der Waals surface area contributed by atoms with Crippen LogP contribution in [-0.4, -0.2) is 54.8 Å². The van der Waals surface area contributed by atoms with Crippen LogP contribution < -0.4 is 9.64 Å². The van der Waals surface area contributed by atoms with E-state index in [9.17, 15) is 9.90 Å². The molecule has 1 aliphatic carbocycles. The molecule has 2 fully saturated rings. The van der Waals surface area contributed by atoms with Gasteiger partial charge in [0, 0.05) is 26.2 Å². The molecule has 0 spiro atoms. The van der Waals surface area contributed by atoms with E-state index in [1.165, 1.54) is 0 Å². The van der Waals surface area contributed by atoms with Gasteiger partial charge in [0.15, 0.2) is 0 Å². The Morgan fingerprint density at radius 2 is 1.77 bits per heavy atom. The highest BCUT2D eigenvalue weighted by molar-refractivity contribution is 5.85. The normalized spacial score (nSPS) is 21.0. The molecular formula is C17H24N2O3. The van der Waals surface area contributed by atoms with Gasteiger partial charge >= 0.3 is 0 Å². The zero-order valence-corrected chi connectivity index (χ0v) is 13.1. The van der Waals surface area contributed by atoms with E-state index in [-0.39, 0.29) is 5.91 Å². The third kappa shape index (κ3) is 2.77. The zero-order valence-electron chi connectivity index (χ0n) is 13.1. The second-order valence-electron chi connectivity index (χ2n) is 6.19. The topological polar surface area (TPSA) is 53.0 Å². The van der Waals surface area contributed by atoms with Gasteiger partial charge < -0.3 is 19.6 Å². The van der Waals surface area contributed by atoms with Crippen molar-refractivity contribution in [2.75, 3.05) is 38.2 Å². The van der Waals surface area contributed by atoms with E-state index >= 15 is 0 Å². The molecule has 5 heteroatoms. The second-order valence-corrected chi connectivity index (χ2v) is 6.19. The van der Waals surface area contributed by atoms with Crippen LogP contribution in [0.15, 0.2) is 24.3 Å². The molecule has 0 aromatic heterocycles. The number of nitrogens with zero attached hydrogens (tertiary/aromatic N) is 2. The number of para-hydroxylation sites is 2. The molecule has 1 N–H and O–H groups in total. The molecule has 1 aromatic rings. The molecule has 1 aliphatic heterocycles. The molecule has 1 heterocycles. The minimum atomic E-state index is -1.10. The average Bonchev–Trinajstić information content (AvgIpc) is 3.02. The first-order valence-electron chi connectivity index (χ1n) is 8.04. The van der Waals surface area contributed by atoms with Crippen LogP contribution in [0.3, 0.4) is 0 Å². The first-order valence-corrected chi connectivity index (χ1v) is 8.04. The Morgan fingerprint density at radius 3 is 2.41 bits per heavy atom. The Kier molecular flexibility index (Phi) is 4.25. The molecule has 0 unspecified atom stereocenters. The van der Waals surface area contributed by atoms with E-state index in [2.05, 4.69) is 4.90 Å². The highest BCUT2D eigenvalue weighted by atomic mass is 16.5. The number of hydrogen-bond acceptors (Lipinski definition) is 4. The number of carbonyl (C=O) groups excluding carboxylic acids is 1. The van der Waals surface area contributed by atoms with Gasteiger partial charge in [0.25, 0.3) is 5.91 Å². The second kappa shape index (κ2) is 6.16. The summed E-state index contributed by atoms with van der Waals surface area (Å²) in [5.41, 5.74) is -0.0382. The van der Waals surface area contributed by atoms with Gasteiger partial charge in [-0.3, -0.25) is 4.79 Å². The van der Waals surface area contributed by atoms with Gasteiger partial charge in [-0.1, -0.05) is 12.1 Å². The van der Waals surface area contributed by atoms with E-state index in [0.29, 0.717) is 25.9 Å². The molecule has 2 aliphatic rings. The van der Waals surface area contributed by atoms with Crippen LogP contribution in [0, 0.1) is 0 Å². The van der Waals surface area contributed by atoms with Crippen molar-refractivity contribution in [3.8, 4) is 5.75 Å². The number of methoxy groups -OCH3 is 1. The maximum absolute atomic E-state index is 12.5. The Labute approximate surface area is 131 Å². The molecule has 3 rings (SSSR count). The number of hydrogen-bond donors (Lipinski definition) is 1. The van der Waals surface area contributed by atoms with Gasteiger partial charge in [0.2, 0.25) is 0 Å². The van der Waals surface area contributed by atoms with Crippen LogP contribution >= 0.6 is 0 Å². The van der Waals surface area contributed by atoms with Gasteiger partial charge in [0.05, 0.1) is 12.8 Å². The number of anilines is 1. The van der Waals surface area contributed by atoms with Gasteiger partial charge in [-0.05, 0) is 37.8 Å². The molecule has 0 radical (unpaired) electrons. The fourth-order valence-corrected chi connectivity index (χ4v) is 3.51. The molecule has 0 atom stereocenters. The zero-order chi connectivity index (χ0) is 15.6. The lowest BCUT2D eigenvalue weighted by molar-refractivity contribution is -0.151. The average molecular weight is 304 g/mol. The number of benzene rings is 1. The maximum atomic E-state index is 12.5. The van der Waals surface area contributed by atoms with Crippen molar-refractivity contribution in [3.05, 3.63) is 24.3 Å². The largest absolute Gasteiger partial charge is 0.495 e. The van der Waals surface area contributed by atoms with E-state index in [4.69, 9.17) is 4.74 Å². The molecular weight excluding hydrogens is 280 g/mol. The van der Waals surface area contributed by atoms with Crippen LogP contribution in [0.4, 0.5) is 5.69 Å². The third-order valence-corrected chi connectivity index (χ3v) is 4.82. The summed E-state index contributed by atoms with van der Waals surface area (Å²) in [5, 5.41) is 10.5. The summed E-state index contributed by atoms with van der Waals surface area (Å²) in [6.45, 7) is 2.84. The van der Waals surface area contributed by atoms with Gasteiger partial charge in [0.1, 0.15) is 11.4 Å². The van der Waals surface area contributed by atoms with Gasteiger partial charge in [-0.15, -0.1) is 0 Å². The van der Waals surface area contributed by atoms with E-state index < -0.39 is 5.60 Å². The monoisotopic (exact) mass is 304 g/mol. The summed E-state index contributed by atoms with van der Waals surface area (Å²) in [4.78, 5) is 16.6. The van der Waals surface area contributed by atoms with Crippen molar-refractivity contribution in [2.24, 2.45) is 0 Å². The van der Waals surface area contributed by atoms with E-state index in [1.807, 2.05) is 29.2 Å². The van der Waals surface area contributed by atoms with Gasteiger partial charge in [-0.25, -0.2) is 0 Å². The number of ether oxygens (including phenoxy) is 1. The number of rotatable bonds is 3. The number of aliphatic hydroxyl groups is 1. The maximum Gasteiger partial charge on any atom is 0.254 e. The molecule has 1 amide bonds. The van der Waals surface area contributed by atoms with Crippen molar-refractivity contribution >= 4 is 11.6 Å². The quantitative estimate of drug-likeness (QED) is 0.922. The molecule has 1 aromatic carbocycles. The van der Waals surface area contributed by atoms with E-state index in [0.717, 1.165) is 37.4 Å². The van der Waals surface area contributed by atoms with Crippen molar-refractivity contribution in [3.63, 3.8) is 0 Å². The first kappa shape index (κ1) is 15.2. The Morgan fingerprint density at radius 1 is 1.14 bits per heavy atom. The predicted octanol–water partition coefficient (Wildman–Crippen LogP) is 1.65. The first-order chi connectivity index (χ1) is 10.6. The SMILES string of the molecule is COc1ccccc1N1CCN(C(=O)C2(O)CCCC2)CC1. The van der Waals surface area contributed by atoms with Crippen molar-refractivity contribution in [1.29, 1.82) is 0 Å². The van der Waals surface area contributed by atoms with Crippen molar-refractivity contribution in [1.82, 2.24) is 4.90 Å². The number of piperazine rings is 1. The summed E-state index contributed by atoms with van der Waals surface area (Å²) in [6, 6.07) is 7.95. The van der Waals surface area contributed by atoms with Crippen molar-refractivity contribution < 1.29 is 14.6 Å². The summed E-state index contributed by atoms with van der Waals surface area (Å²) >= 11 is 0. The Hall–Kier alpha value is -1.75. The standard InChI is InChI=1S/C17H24N2O3/c1-22-15-7-3-2-6-14(15)18-10-12-19(13-11-18)16(20)17(21)8-4-5-9-17/h2-3,6-7,21H,4-5,8-13H2,1H3. The van der Waals surface area contributed by atoms with E-state index in [1.54, 1.807) is 7.11 Å². The molecule has 1 saturated heterocycles. The lowest BCUT2D eigenvalue weighted by Gasteiger charge is -2.39. The summed E-state index contributed by atoms with van der Waals surface area (Å²) in [5.74, 6) is 0.779. The lowest BCUT2D eigenvalue weighted by Crippen LogP contribution is -2.55. The highest BCUT2D eigenvalue weighted by Crippen LogP contribution is 2.32. The number of carbonyl (C=O) groups is 1. The molecule has 1 saturated carbocycles. The van der Waals surface area contributed by atoms with Crippen LogP contribution in [-0.2, 0) is 4.79 Å². The Balaban J connectivity index is 1.64. The van der Waals surface area contributed by atoms with Crippen molar-refractivity contribution in [2.45, 2.75) is 31.3 Å². The van der Waals surface area contributed by atoms with Crippen LogP contribution in [0.2, 0.25) is 0 Å². The number of amides is 1. The fourth-order valence-electron chi connectivity index (χ4n) is 3.51. The minimum Gasteiger partial charge on any atom is -0.495 e. The van der Waals surface area contributed by atoms with Crippen LogP contribution in [0.25, 0.3) is 0 Å². The lowest BCUT2D eigenvalue weighted by atomic mass is 10.00. The molecule has 5 nitrogen and oxygen atoms in total. The third-order valence-electron chi connectivity index (χ3n) is 4.82. The highest BCUT2D eigenvalue weighted by Gasteiger charge is 2.42. The van der Waals surface area contributed by atoms with Gasteiger partial charge in [-0.2, -0.15) is 0 Å². The molecule has 22 heavy (non-hydrogen) atoms.